The van der Waals surface area contributed by atoms with Gasteiger partial charge in [0.1, 0.15) is 6.54 Å². The van der Waals surface area contributed by atoms with Crippen molar-refractivity contribution in [2.75, 3.05) is 27.7 Å². The summed E-state index contributed by atoms with van der Waals surface area (Å²) in [5.74, 6) is -0.00614. The van der Waals surface area contributed by atoms with Crippen molar-refractivity contribution in [3.8, 4) is 0 Å². The number of hydrogen-bond donors (Lipinski definition) is 0. The standard InChI is InChI=1S/C23H48NO2/c1-6-8-9-10-11-12-13-14-15-16-17-18-19-20-23(25)26-22(7-2)21-24(3,4)5/h22H,6-21H2,1-5H3/q+1. The number of likely N-dealkylation sites (N-methyl/N-ethyl adjacent to an activating group) is 1. The number of hydrogen-bond acceptors (Lipinski definition) is 2. The molecule has 0 heterocycles. The lowest BCUT2D eigenvalue weighted by molar-refractivity contribution is -0.873. The Morgan fingerprint density at radius 1 is 0.731 bits per heavy atom. The van der Waals surface area contributed by atoms with Crippen LogP contribution < -0.4 is 0 Å². The van der Waals surface area contributed by atoms with E-state index in [0.717, 1.165) is 30.3 Å². The predicted octanol–water partition coefficient (Wildman–Crippen LogP) is 6.50. The number of rotatable bonds is 18. The topological polar surface area (TPSA) is 26.3 Å². The molecule has 0 amide bonds. The number of ether oxygens (including phenoxy) is 1. The van der Waals surface area contributed by atoms with E-state index in [1.54, 1.807) is 0 Å². The molecule has 0 fully saturated rings. The number of unbranched alkanes of at least 4 members (excludes halogenated alkanes) is 12. The van der Waals surface area contributed by atoms with Crippen molar-refractivity contribution in [3.05, 3.63) is 0 Å². The third-order valence-electron chi connectivity index (χ3n) is 4.99. The second-order valence-corrected chi connectivity index (χ2v) is 8.99. The van der Waals surface area contributed by atoms with Crippen molar-refractivity contribution in [1.82, 2.24) is 0 Å². The zero-order valence-electron chi connectivity index (χ0n) is 18.7. The molecule has 0 N–H and O–H groups in total. The maximum atomic E-state index is 12.0. The average Bonchev–Trinajstić information content (AvgIpc) is 2.57. The van der Waals surface area contributed by atoms with Crippen molar-refractivity contribution in [3.63, 3.8) is 0 Å². The van der Waals surface area contributed by atoms with Crippen LogP contribution in [0.2, 0.25) is 0 Å². The van der Waals surface area contributed by atoms with E-state index in [9.17, 15) is 4.79 Å². The van der Waals surface area contributed by atoms with Crippen LogP contribution in [0.15, 0.2) is 0 Å². The Morgan fingerprint density at radius 2 is 1.15 bits per heavy atom. The second-order valence-electron chi connectivity index (χ2n) is 8.99. The molecule has 26 heavy (non-hydrogen) atoms. The molecule has 0 aliphatic rings. The molecule has 1 unspecified atom stereocenters. The lowest BCUT2D eigenvalue weighted by atomic mass is 10.0. The normalized spacial score (nSPS) is 13.0. The van der Waals surface area contributed by atoms with E-state index >= 15 is 0 Å². The number of quaternary nitrogens is 1. The molecule has 0 radical (unpaired) electrons. The van der Waals surface area contributed by atoms with Crippen LogP contribution in [0, 0.1) is 0 Å². The Labute approximate surface area is 164 Å². The first-order valence-electron chi connectivity index (χ1n) is 11.4. The van der Waals surface area contributed by atoms with Crippen molar-refractivity contribution in [1.29, 1.82) is 0 Å². The van der Waals surface area contributed by atoms with E-state index < -0.39 is 0 Å². The van der Waals surface area contributed by atoms with Crippen LogP contribution in [-0.4, -0.2) is 44.2 Å². The SMILES string of the molecule is CCCCCCCCCCCCCCCC(=O)OC(CC)C[N+](C)(C)C. The van der Waals surface area contributed by atoms with Gasteiger partial charge in [-0.2, -0.15) is 0 Å². The molecule has 0 spiro atoms. The molecule has 0 bridgehead atoms. The monoisotopic (exact) mass is 370 g/mol. The molecule has 156 valence electrons. The lowest BCUT2D eigenvalue weighted by Crippen LogP contribution is -2.42. The molecular weight excluding hydrogens is 322 g/mol. The highest BCUT2D eigenvalue weighted by Crippen LogP contribution is 2.13. The minimum absolute atomic E-state index is 0.00614. The summed E-state index contributed by atoms with van der Waals surface area (Å²) >= 11 is 0. The Bertz CT molecular complexity index is 323. The first kappa shape index (κ1) is 25.4. The molecule has 3 nitrogen and oxygen atoms in total. The van der Waals surface area contributed by atoms with Crippen LogP contribution in [0.5, 0.6) is 0 Å². The van der Waals surface area contributed by atoms with Gasteiger partial charge >= 0.3 is 5.97 Å². The molecule has 0 saturated carbocycles. The van der Waals surface area contributed by atoms with Gasteiger partial charge in [-0.25, -0.2) is 0 Å². The highest BCUT2D eigenvalue weighted by molar-refractivity contribution is 5.69. The third kappa shape index (κ3) is 18.2. The van der Waals surface area contributed by atoms with E-state index in [2.05, 4.69) is 35.0 Å². The number of nitrogens with zero attached hydrogens (tertiary/aromatic N) is 1. The first-order valence-corrected chi connectivity index (χ1v) is 11.4. The number of esters is 1. The molecule has 1 atom stereocenters. The minimum Gasteiger partial charge on any atom is -0.456 e. The maximum absolute atomic E-state index is 12.0. The van der Waals surface area contributed by atoms with Crippen LogP contribution in [0.4, 0.5) is 0 Å². The van der Waals surface area contributed by atoms with E-state index in [0.29, 0.717) is 6.42 Å². The van der Waals surface area contributed by atoms with E-state index in [-0.39, 0.29) is 12.1 Å². The van der Waals surface area contributed by atoms with Crippen molar-refractivity contribution in [2.45, 2.75) is 116 Å². The zero-order chi connectivity index (χ0) is 19.7. The van der Waals surface area contributed by atoms with Crippen LogP contribution in [-0.2, 0) is 9.53 Å². The van der Waals surface area contributed by atoms with Crippen LogP contribution in [0.1, 0.15) is 110 Å². The van der Waals surface area contributed by atoms with E-state index in [4.69, 9.17) is 4.74 Å². The summed E-state index contributed by atoms with van der Waals surface area (Å²) in [5.41, 5.74) is 0. The van der Waals surface area contributed by atoms with Gasteiger partial charge in [0.05, 0.1) is 21.1 Å². The minimum atomic E-state index is -0.00614. The van der Waals surface area contributed by atoms with Gasteiger partial charge < -0.3 is 9.22 Å². The first-order chi connectivity index (χ1) is 12.4. The maximum Gasteiger partial charge on any atom is 0.306 e. The Balaban J connectivity index is 3.42. The van der Waals surface area contributed by atoms with Crippen LogP contribution in [0.25, 0.3) is 0 Å². The fourth-order valence-corrected chi connectivity index (χ4v) is 3.39. The molecule has 0 rings (SSSR count). The highest BCUT2D eigenvalue weighted by Gasteiger charge is 2.19. The van der Waals surface area contributed by atoms with Crippen molar-refractivity contribution >= 4 is 5.97 Å². The van der Waals surface area contributed by atoms with Gasteiger partial charge in [0.25, 0.3) is 0 Å². The Hall–Kier alpha value is -0.570. The molecule has 0 aromatic heterocycles. The molecule has 0 saturated heterocycles. The summed E-state index contributed by atoms with van der Waals surface area (Å²) in [6.45, 7) is 5.26. The van der Waals surface area contributed by atoms with Crippen molar-refractivity contribution in [2.24, 2.45) is 0 Å². The van der Waals surface area contributed by atoms with Gasteiger partial charge in [0.15, 0.2) is 6.10 Å². The summed E-state index contributed by atoms with van der Waals surface area (Å²) in [6, 6.07) is 0. The summed E-state index contributed by atoms with van der Waals surface area (Å²) < 4.78 is 6.47. The smallest absolute Gasteiger partial charge is 0.306 e. The Kier molecular flexibility index (Phi) is 16.2. The van der Waals surface area contributed by atoms with Gasteiger partial charge in [-0.15, -0.1) is 0 Å². The number of carbonyl (C=O) groups is 1. The summed E-state index contributed by atoms with van der Waals surface area (Å²) in [6.07, 6.45) is 18.9. The molecule has 0 aliphatic heterocycles. The van der Waals surface area contributed by atoms with E-state index in [1.165, 1.54) is 70.6 Å². The van der Waals surface area contributed by atoms with E-state index in [1.807, 2.05) is 0 Å². The average molecular weight is 371 g/mol. The predicted molar refractivity (Wildman–Crippen MR) is 113 cm³/mol. The van der Waals surface area contributed by atoms with Gasteiger partial charge in [-0.3, -0.25) is 4.79 Å². The van der Waals surface area contributed by atoms with Gasteiger partial charge in [0, 0.05) is 6.42 Å². The quantitative estimate of drug-likeness (QED) is 0.156. The highest BCUT2D eigenvalue weighted by atomic mass is 16.5. The van der Waals surface area contributed by atoms with Gasteiger partial charge in [0.2, 0.25) is 0 Å². The molecule has 0 aromatic rings. The largest absolute Gasteiger partial charge is 0.456 e. The van der Waals surface area contributed by atoms with Crippen LogP contribution >= 0.6 is 0 Å². The summed E-state index contributed by atoms with van der Waals surface area (Å²) in [5, 5.41) is 0. The van der Waals surface area contributed by atoms with Crippen molar-refractivity contribution < 1.29 is 14.0 Å². The van der Waals surface area contributed by atoms with Crippen LogP contribution in [0.3, 0.4) is 0 Å². The third-order valence-corrected chi connectivity index (χ3v) is 4.99. The fourth-order valence-electron chi connectivity index (χ4n) is 3.39. The van der Waals surface area contributed by atoms with Gasteiger partial charge in [-0.1, -0.05) is 90.9 Å². The number of carbonyl (C=O) groups excluding carboxylic acids is 1. The fraction of sp³-hybridized carbons (Fsp3) is 0.957. The molecular formula is C23H48NO2+. The molecule has 3 heteroatoms. The zero-order valence-corrected chi connectivity index (χ0v) is 18.7. The summed E-state index contributed by atoms with van der Waals surface area (Å²) in [4.78, 5) is 12.0. The second kappa shape index (κ2) is 16.6. The molecule has 0 aliphatic carbocycles. The Morgan fingerprint density at radius 3 is 1.54 bits per heavy atom. The van der Waals surface area contributed by atoms with Gasteiger partial charge in [-0.05, 0) is 12.8 Å². The summed E-state index contributed by atoms with van der Waals surface area (Å²) in [7, 11) is 6.43. The lowest BCUT2D eigenvalue weighted by Gasteiger charge is -2.28. The molecule has 0 aromatic carbocycles.